The van der Waals surface area contributed by atoms with E-state index in [4.69, 9.17) is 33.7 Å². The number of nitrogens with zero attached hydrogens (tertiary/aromatic N) is 2. The first-order valence-electron chi connectivity index (χ1n) is 5.48. The second-order valence-corrected chi connectivity index (χ2v) is 6.26. The summed E-state index contributed by atoms with van der Waals surface area (Å²) in [6.07, 6.45) is 0. The number of anilines is 2. The number of benzene rings is 1. The molecule has 0 radical (unpaired) electrons. The van der Waals surface area contributed by atoms with Crippen LogP contribution in [-0.2, 0) is 10.0 Å². The highest BCUT2D eigenvalue weighted by atomic mass is 35.5. The lowest BCUT2D eigenvalue weighted by Crippen LogP contribution is -2.14. The molecule has 21 heavy (non-hydrogen) atoms. The van der Waals surface area contributed by atoms with Crippen LogP contribution in [0.15, 0.2) is 29.2 Å². The van der Waals surface area contributed by atoms with Crippen molar-refractivity contribution in [3.05, 3.63) is 34.7 Å². The zero-order chi connectivity index (χ0) is 15.6. The predicted octanol–water partition coefficient (Wildman–Crippen LogP) is 2.17. The largest absolute Gasteiger partial charge is 0.495 e. The van der Waals surface area contributed by atoms with E-state index in [1.165, 1.54) is 31.4 Å². The maximum absolute atomic E-state index is 12.2. The zero-order valence-corrected chi connectivity index (χ0v) is 13.0. The number of nitrogen functional groups attached to an aromatic ring is 1. The second kappa shape index (κ2) is 5.92. The molecule has 7 nitrogen and oxygen atoms in total. The number of ether oxygens (including phenoxy) is 1. The summed E-state index contributed by atoms with van der Waals surface area (Å²) in [7, 11) is -2.50. The van der Waals surface area contributed by atoms with Crippen LogP contribution in [0.1, 0.15) is 0 Å². The van der Waals surface area contributed by atoms with E-state index in [0.717, 1.165) is 0 Å². The minimum absolute atomic E-state index is 0.0163. The molecule has 2 aromatic rings. The number of hydrogen-bond acceptors (Lipinski definition) is 6. The minimum atomic E-state index is -3.89. The highest BCUT2D eigenvalue weighted by Crippen LogP contribution is 2.26. The van der Waals surface area contributed by atoms with Crippen LogP contribution in [-0.4, -0.2) is 25.5 Å². The topological polar surface area (TPSA) is 107 Å². The lowest BCUT2D eigenvalue weighted by Gasteiger charge is -2.10. The number of nitrogens with two attached hydrogens (primary N) is 1. The molecule has 1 aromatic carbocycles. The van der Waals surface area contributed by atoms with Gasteiger partial charge >= 0.3 is 0 Å². The predicted molar refractivity (Wildman–Crippen MR) is 80.3 cm³/mol. The monoisotopic (exact) mass is 348 g/mol. The van der Waals surface area contributed by atoms with Crippen molar-refractivity contribution in [2.45, 2.75) is 4.90 Å². The molecule has 0 saturated carbocycles. The molecule has 0 atom stereocenters. The van der Waals surface area contributed by atoms with Crippen LogP contribution in [0.2, 0.25) is 10.4 Å². The first-order valence-corrected chi connectivity index (χ1v) is 7.72. The molecule has 3 N–H and O–H groups in total. The fourth-order valence-corrected chi connectivity index (χ4v) is 2.91. The van der Waals surface area contributed by atoms with Crippen LogP contribution >= 0.6 is 23.2 Å². The number of hydrogen-bond donors (Lipinski definition) is 2. The first kappa shape index (κ1) is 15.6. The molecule has 0 amide bonds. The smallest absolute Gasteiger partial charge is 0.263 e. The van der Waals surface area contributed by atoms with Gasteiger partial charge in [0, 0.05) is 12.1 Å². The molecule has 0 unspecified atom stereocenters. The van der Waals surface area contributed by atoms with Gasteiger partial charge < -0.3 is 10.5 Å². The summed E-state index contributed by atoms with van der Waals surface area (Å²) in [5.41, 5.74) is 5.96. The Hall–Kier alpha value is -1.77. The van der Waals surface area contributed by atoms with Gasteiger partial charge in [-0.3, -0.25) is 4.72 Å². The molecule has 2 rings (SSSR count). The molecule has 10 heteroatoms. The molecular weight excluding hydrogens is 339 g/mol. The lowest BCUT2D eigenvalue weighted by atomic mass is 10.3. The lowest BCUT2D eigenvalue weighted by molar-refractivity contribution is 0.415. The number of nitrogens with one attached hydrogen (secondary N) is 1. The summed E-state index contributed by atoms with van der Waals surface area (Å²) in [5, 5.41) is -0.155. The SMILES string of the molecule is COc1cc(S(=O)(=O)Nc2cc(Cl)nc(Cl)n2)ccc1N. The Balaban J connectivity index is 2.38. The van der Waals surface area contributed by atoms with Gasteiger partial charge in [0.25, 0.3) is 10.0 Å². The Bertz CT molecular complexity index is 763. The van der Waals surface area contributed by atoms with E-state index in [0.29, 0.717) is 5.69 Å². The molecular formula is C11H10Cl2N4O3S. The van der Waals surface area contributed by atoms with Crippen molar-refractivity contribution < 1.29 is 13.2 Å². The van der Waals surface area contributed by atoms with Crippen LogP contribution in [0, 0.1) is 0 Å². The van der Waals surface area contributed by atoms with Gasteiger partial charge in [-0.1, -0.05) is 11.6 Å². The summed E-state index contributed by atoms with van der Waals surface area (Å²) in [6.45, 7) is 0. The fraction of sp³-hybridized carbons (Fsp3) is 0.0909. The number of methoxy groups -OCH3 is 1. The number of rotatable bonds is 4. The van der Waals surface area contributed by atoms with Crippen molar-refractivity contribution in [1.29, 1.82) is 0 Å². The van der Waals surface area contributed by atoms with Gasteiger partial charge in [0.15, 0.2) is 0 Å². The highest BCUT2D eigenvalue weighted by molar-refractivity contribution is 7.92. The van der Waals surface area contributed by atoms with Gasteiger partial charge in [0.2, 0.25) is 5.28 Å². The van der Waals surface area contributed by atoms with Gasteiger partial charge in [-0.05, 0) is 23.7 Å². The average molecular weight is 349 g/mol. The van der Waals surface area contributed by atoms with Crippen molar-refractivity contribution in [2.75, 3.05) is 17.6 Å². The Morgan fingerprint density at radius 3 is 2.57 bits per heavy atom. The van der Waals surface area contributed by atoms with E-state index in [2.05, 4.69) is 14.7 Å². The Kier molecular flexibility index (Phi) is 4.40. The second-order valence-electron chi connectivity index (χ2n) is 3.85. The van der Waals surface area contributed by atoms with Gasteiger partial charge in [0.1, 0.15) is 16.7 Å². The van der Waals surface area contributed by atoms with E-state index in [1.54, 1.807) is 0 Å². The molecule has 0 aliphatic carbocycles. The summed E-state index contributed by atoms with van der Waals surface area (Å²) >= 11 is 11.3. The van der Waals surface area contributed by atoms with Crippen molar-refractivity contribution in [2.24, 2.45) is 0 Å². The van der Waals surface area contributed by atoms with E-state index in [-0.39, 0.29) is 26.9 Å². The van der Waals surface area contributed by atoms with Crippen LogP contribution in [0.5, 0.6) is 5.75 Å². The van der Waals surface area contributed by atoms with Gasteiger partial charge in [0.05, 0.1) is 17.7 Å². The first-order chi connectivity index (χ1) is 9.81. The molecule has 1 heterocycles. The number of sulfonamides is 1. The van der Waals surface area contributed by atoms with Crippen molar-refractivity contribution in [1.82, 2.24) is 9.97 Å². The van der Waals surface area contributed by atoms with Crippen molar-refractivity contribution >= 4 is 44.7 Å². The quantitative estimate of drug-likeness (QED) is 0.498. The number of aromatic nitrogens is 2. The summed E-state index contributed by atoms with van der Waals surface area (Å²) < 4.78 is 31.7. The minimum Gasteiger partial charge on any atom is -0.495 e. The molecule has 112 valence electrons. The molecule has 1 aromatic heterocycles. The molecule has 0 fully saturated rings. The Morgan fingerprint density at radius 2 is 1.95 bits per heavy atom. The van der Waals surface area contributed by atoms with Crippen LogP contribution in [0.4, 0.5) is 11.5 Å². The van der Waals surface area contributed by atoms with E-state index >= 15 is 0 Å². The third kappa shape index (κ3) is 3.66. The molecule has 0 spiro atoms. The number of halogens is 2. The van der Waals surface area contributed by atoms with E-state index in [9.17, 15) is 8.42 Å². The third-order valence-electron chi connectivity index (χ3n) is 2.42. The normalized spacial score (nSPS) is 11.2. The molecule has 0 aliphatic heterocycles. The van der Waals surface area contributed by atoms with Crippen LogP contribution < -0.4 is 15.2 Å². The van der Waals surface area contributed by atoms with Gasteiger partial charge in [-0.2, -0.15) is 4.98 Å². The molecule has 0 saturated heterocycles. The third-order valence-corrected chi connectivity index (χ3v) is 4.14. The molecule has 0 aliphatic rings. The summed E-state index contributed by atoms with van der Waals surface area (Å²) in [5.74, 6) is 0.201. The van der Waals surface area contributed by atoms with E-state index in [1.807, 2.05) is 0 Å². The Morgan fingerprint density at radius 1 is 1.24 bits per heavy atom. The average Bonchev–Trinajstić information content (AvgIpc) is 2.37. The van der Waals surface area contributed by atoms with Gasteiger partial charge in [-0.15, -0.1) is 0 Å². The summed E-state index contributed by atoms with van der Waals surface area (Å²) in [6, 6.07) is 5.29. The maximum atomic E-state index is 12.2. The van der Waals surface area contributed by atoms with Crippen molar-refractivity contribution in [3.8, 4) is 5.75 Å². The maximum Gasteiger partial charge on any atom is 0.263 e. The van der Waals surface area contributed by atoms with Crippen LogP contribution in [0.25, 0.3) is 0 Å². The highest BCUT2D eigenvalue weighted by Gasteiger charge is 2.17. The van der Waals surface area contributed by atoms with Gasteiger partial charge in [-0.25, -0.2) is 13.4 Å². The Labute approximate surface area is 131 Å². The fourth-order valence-electron chi connectivity index (χ4n) is 1.50. The zero-order valence-electron chi connectivity index (χ0n) is 10.7. The van der Waals surface area contributed by atoms with E-state index < -0.39 is 10.0 Å². The summed E-state index contributed by atoms with van der Waals surface area (Å²) in [4.78, 5) is 7.31. The van der Waals surface area contributed by atoms with Crippen LogP contribution in [0.3, 0.4) is 0 Å². The standard InChI is InChI=1S/C11H10Cl2N4O3S/c1-20-8-4-6(2-3-7(8)14)21(18,19)17-10-5-9(12)15-11(13)16-10/h2-5H,14H2,1H3,(H,15,16,17). The van der Waals surface area contributed by atoms with Crippen molar-refractivity contribution in [3.63, 3.8) is 0 Å². The molecule has 0 bridgehead atoms.